The van der Waals surface area contributed by atoms with Crippen molar-refractivity contribution in [1.29, 1.82) is 0 Å². The number of halogens is 2. The Morgan fingerprint density at radius 2 is 1.51 bits per heavy atom. The van der Waals surface area contributed by atoms with Crippen LogP contribution in [0.1, 0.15) is 55.9 Å². The van der Waals surface area contributed by atoms with Crippen LogP contribution in [-0.4, -0.2) is 49.5 Å². The Labute approximate surface area is 266 Å². The molecular weight excluding hydrogens is 605 g/mol. The average molecular weight is 647 g/mol. The molecule has 3 aromatic carbocycles. The SMILES string of the molecule is Cc1cccc(N(CCCC(=O)N(Cc2c(Cl)cccc2Cl)[C@H](Cc2ccccc2)C(=O)NC(C)(C)C)S(C)(=O)=O)c1C. The highest BCUT2D eigenvalue weighted by molar-refractivity contribution is 7.92. The first kappa shape index (κ1) is 34.4. The van der Waals surface area contributed by atoms with Gasteiger partial charge in [-0.2, -0.15) is 0 Å². The topological polar surface area (TPSA) is 86.8 Å². The molecule has 0 saturated heterocycles. The van der Waals surface area contributed by atoms with Gasteiger partial charge < -0.3 is 10.2 Å². The van der Waals surface area contributed by atoms with Crippen LogP contribution < -0.4 is 9.62 Å². The third-order valence-electron chi connectivity index (χ3n) is 7.16. The van der Waals surface area contributed by atoms with E-state index in [2.05, 4.69) is 5.32 Å². The molecule has 0 heterocycles. The Balaban J connectivity index is 1.97. The number of rotatable bonds is 12. The number of hydrogen-bond donors (Lipinski definition) is 1. The van der Waals surface area contributed by atoms with Gasteiger partial charge >= 0.3 is 0 Å². The van der Waals surface area contributed by atoms with Gasteiger partial charge in [0.05, 0.1) is 11.9 Å². The van der Waals surface area contributed by atoms with E-state index in [9.17, 15) is 18.0 Å². The molecule has 0 unspecified atom stereocenters. The summed E-state index contributed by atoms with van der Waals surface area (Å²) in [7, 11) is -3.62. The number of benzene rings is 3. The molecule has 3 rings (SSSR count). The van der Waals surface area contributed by atoms with E-state index in [1.165, 1.54) is 9.21 Å². The Bertz CT molecular complexity index is 1520. The van der Waals surface area contributed by atoms with Crippen LogP contribution in [0.4, 0.5) is 5.69 Å². The van der Waals surface area contributed by atoms with Gasteiger partial charge in [0, 0.05) is 47.1 Å². The lowest BCUT2D eigenvalue weighted by molar-refractivity contribution is -0.142. The van der Waals surface area contributed by atoms with Gasteiger partial charge in [0.1, 0.15) is 6.04 Å². The quantitative estimate of drug-likeness (QED) is 0.237. The Morgan fingerprint density at radius 1 is 0.907 bits per heavy atom. The van der Waals surface area contributed by atoms with Crippen LogP contribution in [-0.2, 0) is 32.6 Å². The van der Waals surface area contributed by atoms with Crippen LogP contribution >= 0.6 is 23.2 Å². The number of carbonyl (C=O) groups excluding carboxylic acids is 2. The number of aryl methyl sites for hydroxylation is 1. The van der Waals surface area contributed by atoms with E-state index in [0.717, 1.165) is 22.9 Å². The standard InChI is InChI=1S/C33H41Cl2N3O4S/c1-23-13-10-18-29(24(23)2)38(43(6,41)42)20-12-19-31(39)37(22-26-27(34)16-11-17-28(26)35)30(32(40)36-33(3,4)5)21-25-14-8-7-9-15-25/h7-11,13-18,30H,12,19-22H2,1-6H3,(H,36,40)/t30-/m1/s1. The Morgan fingerprint density at radius 3 is 2.09 bits per heavy atom. The molecule has 1 N–H and O–H groups in total. The fourth-order valence-corrected chi connectivity index (χ4v) is 6.38. The van der Waals surface area contributed by atoms with E-state index in [4.69, 9.17) is 23.2 Å². The highest BCUT2D eigenvalue weighted by atomic mass is 35.5. The summed E-state index contributed by atoms with van der Waals surface area (Å²) in [6.07, 6.45) is 1.68. The largest absolute Gasteiger partial charge is 0.350 e. The van der Waals surface area contributed by atoms with E-state index >= 15 is 0 Å². The van der Waals surface area contributed by atoms with Gasteiger partial charge in [0.15, 0.2) is 0 Å². The second-order valence-electron chi connectivity index (χ2n) is 11.8. The molecule has 232 valence electrons. The number of amides is 2. The molecule has 43 heavy (non-hydrogen) atoms. The lowest BCUT2D eigenvalue weighted by Gasteiger charge is -2.34. The van der Waals surface area contributed by atoms with Crippen molar-refractivity contribution in [3.63, 3.8) is 0 Å². The van der Waals surface area contributed by atoms with Gasteiger partial charge in [-0.3, -0.25) is 13.9 Å². The molecule has 0 fully saturated rings. The number of carbonyl (C=O) groups is 2. The zero-order valence-electron chi connectivity index (χ0n) is 25.7. The smallest absolute Gasteiger partial charge is 0.243 e. The molecule has 0 aliphatic rings. The molecule has 0 aliphatic heterocycles. The first-order chi connectivity index (χ1) is 20.1. The summed E-state index contributed by atoms with van der Waals surface area (Å²) in [4.78, 5) is 29.3. The number of nitrogens with one attached hydrogen (secondary N) is 1. The van der Waals surface area contributed by atoms with Crippen LogP contribution in [0.25, 0.3) is 0 Å². The maximum atomic E-state index is 14.1. The zero-order valence-corrected chi connectivity index (χ0v) is 28.0. The molecule has 2 amide bonds. The molecule has 3 aromatic rings. The second-order valence-corrected chi connectivity index (χ2v) is 14.5. The van der Waals surface area contributed by atoms with Gasteiger partial charge in [0.2, 0.25) is 21.8 Å². The van der Waals surface area contributed by atoms with Gasteiger partial charge in [0.25, 0.3) is 0 Å². The van der Waals surface area contributed by atoms with E-state index in [-0.39, 0.29) is 44.2 Å². The maximum Gasteiger partial charge on any atom is 0.243 e. The minimum Gasteiger partial charge on any atom is -0.350 e. The molecule has 10 heteroatoms. The highest BCUT2D eigenvalue weighted by Crippen LogP contribution is 2.29. The maximum absolute atomic E-state index is 14.1. The van der Waals surface area contributed by atoms with Crippen molar-refractivity contribution in [1.82, 2.24) is 10.2 Å². The fraction of sp³-hybridized carbons (Fsp3) is 0.394. The monoisotopic (exact) mass is 645 g/mol. The Hall–Kier alpha value is -3.07. The van der Waals surface area contributed by atoms with Crippen molar-refractivity contribution in [3.05, 3.63) is 99.0 Å². The molecule has 0 aliphatic carbocycles. The van der Waals surface area contributed by atoms with Crippen LogP contribution in [0.3, 0.4) is 0 Å². The normalized spacial score (nSPS) is 12.5. The lowest BCUT2D eigenvalue weighted by atomic mass is 10.00. The van der Waals surface area contributed by atoms with Crippen molar-refractivity contribution in [2.45, 2.75) is 72.0 Å². The van der Waals surface area contributed by atoms with Gasteiger partial charge in [-0.05, 0) is 75.9 Å². The summed E-state index contributed by atoms with van der Waals surface area (Å²) in [5, 5.41) is 3.81. The second kappa shape index (κ2) is 14.6. The van der Waals surface area contributed by atoms with Crippen LogP contribution in [0.2, 0.25) is 10.0 Å². The average Bonchev–Trinajstić information content (AvgIpc) is 2.91. The van der Waals surface area contributed by atoms with Crippen LogP contribution in [0, 0.1) is 13.8 Å². The molecular formula is C33H41Cl2N3O4S. The summed E-state index contributed by atoms with van der Waals surface area (Å²) in [6, 6.07) is 19.3. The lowest BCUT2D eigenvalue weighted by Crippen LogP contribution is -2.54. The first-order valence-corrected chi connectivity index (χ1v) is 16.8. The number of sulfonamides is 1. The predicted molar refractivity (Wildman–Crippen MR) is 176 cm³/mol. The van der Waals surface area contributed by atoms with E-state index < -0.39 is 21.6 Å². The molecule has 1 atom stereocenters. The van der Waals surface area contributed by atoms with E-state index in [0.29, 0.717) is 21.3 Å². The summed E-state index contributed by atoms with van der Waals surface area (Å²) in [6.45, 7) is 9.57. The van der Waals surface area contributed by atoms with Crippen molar-refractivity contribution in [2.75, 3.05) is 17.1 Å². The van der Waals surface area contributed by atoms with E-state index in [1.807, 2.05) is 77.1 Å². The molecule has 0 bridgehead atoms. The first-order valence-electron chi connectivity index (χ1n) is 14.2. The van der Waals surface area contributed by atoms with Crippen molar-refractivity contribution < 1.29 is 18.0 Å². The number of nitrogens with zero attached hydrogens (tertiary/aromatic N) is 2. The van der Waals surface area contributed by atoms with Gasteiger partial charge in [-0.15, -0.1) is 0 Å². The van der Waals surface area contributed by atoms with Crippen LogP contribution in [0.15, 0.2) is 66.7 Å². The van der Waals surface area contributed by atoms with Crippen molar-refractivity contribution >= 4 is 50.7 Å². The van der Waals surface area contributed by atoms with Crippen LogP contribution in [0.5, 0.6) is 0 Å². The molecule has 0 saturated carbocycles. The highest BCUT2D eigenvalue weighted by Gasteiger charge is 2.33. The summed E-state index contributed by atoms with van der Waals surface area (Å²) >= 11 is 13.0. The molecule has 0 radical (unpaired) electrons. The van der Waals surface area contributed by atoms with Crippen molar-refractivity contribution in [2.24, 2.45) is 0 Å². The fourth-order valence-electron chi connectivity index (χ4n) is 4.85. The molecule has 7 nitrogen and oxygen atoms in total. The molecule has 0 spiro atoms. The van der Waals surface area contributed by atoms with Gasteiger partial charge in [-0.1, -0.05) is 71.7 Å². The minimum absolute atomic E-state index is 0.00699. The number of anilines is 1. The summed E-state index contributed by atoms with van der Waals surface area (Å²) in [5.74, 6) is -0.614. The minimum atomic E-state index is -3.62. The van der Waals surface area contributed by atoms with E-state index in [1.54, 1.807) is 24.3 Å². The zero-order chi connectivity index (χ0) is 31.9. The van der Waals surface area contributed by atoms with Gasteiger partial charge in [-0.25, -0.2) is 8.42 Å². The third-order valence-corrected chi connectivity index (χ3v) is 9.04. The number of hydrogen-bond acceptors (Lipinski definition) is 4. The molecule has 0 aromatic heterocycles. The third kappa shape index (κ3) is 9.71. The summed E-state index contributed by atoms with van der Waals surface area (Å²) in [5.41, 5.74) is 3.30. The van der Waals surface area contributed by atoms with Crippen molar-refractivity contribution in [3.8, 4) is 0 Å². The Kier molecular flexibility index (Phi) is 11.7. The predicted octanol–water partition coefficient (Wildman–Crippen LogP) is 6.71. The summed E-state index contributed by atoms with van der Waals surface area (Å²) < 4.78 is 26.9.